The fourth-order valence-electron chi connectivity index (χ4n) is 11.0. The van der Waals surface area contributed by atoms with E-state index in [2.05, 4.69) is 19.2 Å². The number of rotatable bonds is 60. The first-order valence-electron chi connectivity index (χ1n) is 34.0. The van der Waals surface area contributed by atoms with Crippen molar-refractivity contribution in [1.29, 1.82) is 0 Å². The molecule has 11 heteroatoms. The van der Waals surface area contributed by atoms with Crippen molar-refractivity contribution < 1.29 is 49.3 Å². The van der Waals surface area contributed by atoms with Crippen LogP contribution in [0.4, 0.5) is 0 Å². The monoisotopic (exact) mass is 1110 g/mol. The van der Waals surface area contributed by atoms with Gasteiger partial charge in [-0.3, -0.25) is 9.59 Å². The van der Waals surface area contributed by atoms with E-state index in [9.17, 15) is 35.1 Å². The second-order valence-corrected chi connectivity index (χ2v) is 23.9. The third-order valence-corrected chi connectivity index (χ3v) is 16.4. The van der Waals surface area contributed by atoms with Crippen LogP contribution in [-0.2, 0) is 23.8 Å². The van der Waals surface area contributed by atoms with Crippen LogP contribution in [-0.4, -0.2) is 100 Å². The number of unbranched alkanes of at least 4 members (excludes halogenated alkanes) is 46. The molecule has 0 aromatic carbocycles. The molecule has 0 aromatic rings. The van der Waals surface area contributed by atoms with Gasteiger partial charge in [-0.25, -0.2) is 0 Å². The molecule has 0 aromatic heterocycles. The standard InChI is InChI=1S/C67H129NO10/c1-3-5-7-9-11-13-14-15-28-32-35-39-43-47-51-55-63(72)76-56-52-48-44-40-36-33-30-27-25-23-21-19-17-16-18-20-22-24-26-29-31-34-38-42-46-50-54-62(71)68-59(60(70)53-49-45-41-37-12-10-8-6-4-2)58-77-67-66(75)65(74)64(73)61(57-69)78-67/h49,53,59-61,64-67,69-70,73-75H,3-48,50-52,54-58H2,1-2H3,(H,68,71)/b53-49+. The number of aliphatic hydroxyl groups excluding tert-OH is 5. The van der Waals surface area contributed by atoms with E-state index in [0.29, 0.717) is 19.4 Å². The van der Waals surface area contributed by atoms with Crippen LogP contribution in [0.1, 0.15) is 341 Å². The molecule has 1 saturated heterocycles. The van der Waals surface area contributed by atoms with Crippen LogP contribution in [0, 0.1) is 0 Å². The fraction of sp³-hybridized carbons (Fsp3) is 0.940. The fourth-order valence-corrected chi connectivity index (χ4v) is 11.0. The van der Waals surface area contributed by atoms with Crippen LogP contribution in [0.15, 0.2) is 12.2 Å². The molecule has 1 amide bonds. The first-order valence-corrected chi connectivity index (χ1v) is 34.0. The second kappa shape index (κ2) is 57.2. The topological polar surface area (TPSA) is 175 Å². The molecule has 7 unspecified atom stereocenters. The van der Waals surface area contributed by atoms with Crippen LogP contribution < -0.4 is 5.32 Å². The van der Waals surface area contributed by atoms with Crippen molar-refractivity contribution in [3.8, 4) is 0 Å². The number of ether oxygens (including phenoxy) is 3. The minimum atomic E-state index is -1.57. The Hall–Kier alpha value is -1.60. The van der Waals surface area contributed by atoms with Gasteiger partial charge < -0.3 is 45.1 Å². The summed E-state index contributed by atoms with van der Waals surface area (Å²) in [6.45, 7) is 4.35. The summed E-state index contributed by atoms with van der Waals surface area (Å²) in [5.41, 5.74) is 0. The number of carbonyl (C=O) groups excluding carboxylic acids is 2. The molecular weight excluding hydrogens is 979 g/mol. The average molecular weight is 1110 g/mol. The second-order valence-electron chi connectivity index (χ2n) is 23.9. The van der Waals surface area contributed by atoms with Crippen LogP contribution in [0.5, 0.6) is 0 Å². The lowest BCUT2D eigenvalue weighted by Crippen LogP contribution is -2.60. The van der Waals surface area contributed by atoms with Crippen molar-refractivity contribution >= 4 is 11.9 Å². The molecule has 0 aliphatic carbocycles. The van der Waals surface area contributed by atoms with Crippen LogP contribution in [0.3, 0.4) is 0 Å². The smallest absolute Gasteiger partial charge is 0.305 e. The van der Waals surface area contributed by atoms with Crippen LogP contribution in [0.2, 0.25) is 0 Å². The third kappa shape index (κ3) is 45.9. The molecule has 0 spiro atoms. The van der Waals surface area contributed by atoms with Gasteiger partial charge in [-0.1, -0.05) is 309 Å². The molecule has 462 valence electrons. The van der Waals surface area contributed by atoms with Gasteiger partial charge in [-0.15, -0.1) is 0 Å². The number of allylic oxidation sites excluding steroid dienone is 1. The highest BCUT2D eigenvalue weighted by Crippen LogP contribution is 2.23. The van der Waals surface area contributed by atoms with E-state index in [0.717, 1.165) is 51.4 Å². The van der Waals surface area contributed by atoms with Crippen LogP contribution >= 0.6 is 0 Å². The molecule has 1 aliphatic heterocycles. The van der Waals surface area contributed by atoms with E-state index < -0.39 is 49.5 Å². The van der Waals surface area contributed by atoms with Crippen molar-refractivity contribution in [1.82, 2.24) is 5.32 Å². The van der Waals surface area contributed by atoms with E-state index in [1.165, 1.54) is 263 Å². The zero-order valence-electron chi connectivity index (χ0n) is 51.2. The van der Waals surface area contributed by atoms with Crippen molar-refractivity contribution in [3.63, 3.8) is 0 Å². The molecule has 1 heterocycles. The first kappa shape index (κ1) is 74.4. The van der Waals surface area contributed by atoms with E-state index in [1.807, 2.05) is 6.08 Å². The van der Waals surface area contributed by atoms with Gasteiger partial charge >= 0.3 is 5.97 Å². The number of esters is 1. The Bertz CT molecular complexity index is 1300. The van der Waals surface area contributed by atoms with E-state index in [-0.39, 0.29) is 18.5 Å². The number of aliphatic hydroxyl groups is 5. The molecule has 7 atom stereocenters. The maximum absolute atomic E-state index is 13.0. The summed E-state index contributed by atoms with van der Waals surface area (Å²) in [6, 6.07) is -0.806. The summed E-state index contributed by atoms with van der Waals surface area (Å²) in [4.78, 5) is 25.1. The van der Waals surface area contributed by atoms with Crippen molar-refractivity contribution in [2.24, 2.45) is 0 Å². The largest absolute Gasteiger partial charge is 0.466 e. The highest BCUT2D eigenvalue weighted by atomic mass is 16.7. The maximum atomic E-state index is 13.0. The molecule has 1 rings (SSSR count). The van der Waals surface area contributed by atoms with E-state index >= 15 is 0 Å². The summed E-state index contributed by atoms with van der Waals surface area (Å²) in [5.74, 6) is -0.169. The molecule has 78 heavy (non-hydrogen) atoms. The van der Waals surface area contributed by atoms with Gasteiger partial charge in [0.25, 0.3) is 0 Å². The summed E-state index contributed by atoms with van der Waals surface area (Å²) in [6.07, 6.45) is 59.2. The number of hydrogen-bond donors (Lipinski definition) is 6. The SMILES string of the molecule is CCCCCCCCC/C=C/C(O)C(COC1OC(CO)C(O)C(O)C1O)NC(=O)CCCCCCCCCCCCCCCCCCCCCCCCCCCCOC(=O)CCCCCCCCCCCCCCCCC. The molecule has 0 radical (unpaired) electrons. The van der Waals surface area contributed by atoms with Gasteiger partial charge in [0.2, 0.25) is 5.91 Å². The van der Waals surface area contributed by atoms with Gasteiger partial charge in [0.05, 0.1) is 32.0 Å². The molecule has 0 bridgehead atoms. The Kier molecular flexibility index (Phi) is 54.6. The number of nitrogens with one attached hydrogen (secondary N) is 1. The van der Waals surface area contributed by atoms with Gasteiger partial charge in [0.1, 0.15) is 24.4 Å². The summed E-state index contributed by atoms with van der Waals surface area (Å²) < 4.78 is 16.7. The summed E-state index contributed by atoms with van der Waals surface area (Å²) in [7, 11) is 0. The number of carbonyl (C=O) groups is 2. The molecular formula is C67H129NO10. The van der Waals surface area contributed by atoms with Gasteiger partial charge in [0.15, 0.2) is 6.29 Å². The normalized spacial score (nSPS) is 18.5. The lowest BCUT2D eigenvalue weighted by molar-refractivity contribution is -0.302. The number of amides is 1. The van der Waals surface area contributed by atoms with Crippen molar-refractivity contribution in [3.05, 3.63) is 12.2 Å². The van der Waals surface area contributed by atoms with Crippen molar-refractivity contribution in [2.75, 3.05) is 19.8 Å². The molecule has 11 nitrogen and oxygen atoms in total. The Morgan fingerprint density at radius 1 is 0.462 bits per heavy atom. The lowest BCUT2D eigenvalue weighted by atomic mass is 9.99. The number of hydrogen-bond acceptors (Lipinski definition) is 10. The quantitative estimate of drug-likeness (QED) is 0.0195. The Morgan fingerprint density at radius 3 is 1.19 bits per heavy atom. The maximum Gasteiger partial charge on any atom is 0.305 e. The molecule has 0 saturated carbocycles. The minimum absolute atomic E-state index is 0.0108. The Morgan fingerprint density at radius 2 is 0.808 bits per heavy atom. The predicted octanol–water partition coefficient (Wildman–Crippen LogP) is 16.7. The van der Waals surface area contributed by atoms with Gasteiger partial charge in [-0.05, 0) is 32.1 Å². The van der Waals surface area contributed by atoms with Crippen LogP contribution in [0.25, 0.3) is 0 Å². The predicted molar refractivity (Wildman–Crippen MR) is 325 cm³/mol. The van der Waals surface area contributed by atoms with Gasteiger partial charge in [0, 0.05) is 12.8 Å². The van der Waals surface area contributed by atoms with E-state index in [4.69, 9.17) is 14.2 Å². The highest BCUT2D eigenvalue weighted by Gasteiger charge is 2.44. The van der Waals surface area contributed by atoms with Crippen molar-refractivity contribution in [2.45, 2.75) is 384 Å². The molecule has 1 fully saturated rings. The highest BCUT2D eigenvalue weighted by molar-refractivity contribution is 5.76. The zero-order chi connectivity index (χ0) is 56.6. The third-order valence-electron chi connectivity index (χ3n) is 16.4. The molecule has 1 aliphatic rings. The lowest BCUT2D eigenvalue weighted by Gasteiger charge is -2.40. The van der Waals surface area contributed by atoms with Gasteiger partial charge in [-0.2, -0.15) is 0 Å². The summed E-state index contributed by atoms with van der Waals surface area (Å²) in [5, 5.41) is 54.3. The zero-order valence-corrected chi connectivity index (χ0v) is 51.2. The van der Waals surface area contributed by atoms with E-state index in [1.54, 1.807) is 6.08 Å². The Labute approximate surface area is 480 Å². The summed E-state index contributed by atoms with van der Waals surface area (Å²) >= 11 is 0. The Balaban J connectivity index is 1.92. The first-order chi connectivity index (χ1) is 38.2. The minimum Gasteiger partial charge on any atom is -0.466 e. The average Bonchev–Trinajstić information content (AvgIpc) is 3.44. The molecule has 6 N–H and O–H groups in total.